The van der Waals surface area contributed by atoms with Gasteiger partial charge in [0.1, 0.15) is 0 Å². The van der Waals surface area contributed by atoms with Crippen LogP contribution in [0.25, 0.3) is 0 Å². The van der Waals surface area contributed by atoms with Crippen LogP contribution in [0.4, 0.5) is 0 Å². The Morgan fingerprint density at radius 3 is 2.42 bits per heavy atom. The van der Waals surface area contributed by atoms with Gasteiger partial charge in [0.25, 0.3) is 0 Å². The fraction of sp³-hybridized carbons (Fsp3) is 0.889. The van der Waals surface area contributed by atoms with E-state index < -0.39 is 6.04 Å². The second-order valence-electron chi connectivity index (χ2n) is 7.61. The number of nitrogens with two attached hydrogens (primary N) is 1. The van der Waals surface area contributed by atoms with Gasteiger partial charge in [-0.25, -0.2) is 0 Å². The van der Waals surface area contributed by atoms with E-state index in [-0.39, 0.29) is 36.7 Å². The van der Waals surface area contributed by atoms with Crippen LogP contribution in [0.3, 0.4) is 0 Å². The molecule has 5 nitrogen and oxygen atoms in total. The van der Waals surface area contributed by atoms with Crippen LogP contribution in [0.15, 0.2) is 0 Å². The quantitative estimate of drug-likeness (QED) is 0.764. The van der Waals surface area contributed by atoms with Gasteiger partial charge in [0.15, 0.2) is 0 Å². The van der Waals surface area contributed by atoms with Crippen molar-refractivity contribution in [2.24, 2.45) is 17.6 Å². The highest BCUT2D eigenvalue weighted by atomic mass is 35.5. The molecule has 0 radical (unpaired) electrons. The summed E-state index contributed by atoms with van der Waals surface area (Å²) in [4.78, 5) is 26.4. The largest absolute Gasteiger partial charge is 0.346 e. The van der Waals surface area contributed by atoms with E-state index in [1.807, 2.05) is 18.7 Å². The fourth-order valence-electron chi connectivity index (χ4n) is 3.90. The average molecular weight is 360 g/mol. The SMILES string of the molecule is CC(C)[C@H](N)C(=O)NCC(=O)N1CCCC1CC1CCCCC1.Cl. The van der Waals surface area contributed by atoms with Gasteiger partial charge >= 0.3 is 0 Å². The van der Waals surface area contributed by atoms with E-state index in [0.717, 1.165) is 31.7 Å². The van der Waals surface area contributed by atoms with Gasteiger partial charge in [0.2, 0.25) is 11.8 Å². The minimum absolute atomic E-state index is 0. The van der Waals surface area contributed by atoms with Crippen LogP contribution in [0.1, 0.15) is 65.2 Å². The molecule has 2 amide bonds. The van der Waals surface area contributed by atoms with Crippen molar-refractivity contribution in [2.45, 2.75) is 77.3 Å². The van der Waals surface area contributed by atoms with Gasteiger partial charge in [0, 0.05) is 12.6 Å². The predicted octanol–water partition coefficient (Wildman–Crippen LogP) is 2.47. The van der Waals surface area contributed by atoms with Crippen molar-refractivity contribution < 1.29 is 9.59 Å². The zero-order chi connectivity index (χ0) is 16.8. The van der Waals surface area contributed by atoms with E-state index in [0.29, 0.717) is 6.04 Å². The van der Waals surface area contributed by atoms with Crippen LogP contribution in [-0.2, 0) is 9.59 Å². The Morgan fingerprint density at radius 2 is 1.79 bits per heavy atom. The number of carbonyl (C=O) groups excluding carboxylic acids is 2. The number of nitrogens with one attached hydrogen (secondary N) is 1. The lowest BCUT2D eigenvalue weighted by Gasteiger charge is -2.30. The third-order valence-corrected chi connectivity index (χ3v) is 5.46. The number of amides is 2. The zero-order valence-corrected chi connectivity index (χ0v) is 15.9. The topological polar surface area (TPSA) is 75.4 Å². The molecular weight excluding hydrogens is 326 g/mol. The number of nitrogens with zero attached hydrogens (tertiary/aromatic N) is 1. The van der Waals surface area contributed by atoms with Crippen LogP contribution in [0.5, 0.6) is 0 Å². The van der Waals surface area contributed by atoms with Crippen molar-refractivity contribution in [3.63, 3.8) is 0 Å². The molecule has 1 aliphatic heterocycles. The average Bonchev–Trinajstić information content (AvgIpc) is 3.00. The van der Waals surface area contributed by atoms with E-state index >= 15 is 0 Å². The van der Waals surface area contributed by atoms with E-state index in [2.05, 4.69) is 5.32 Å². The predicted molar refractivity (Wildman–Crippen MR) is 99.0 cm³/mol. The Labute approximate surface area is 152 Å². The normalized spacial score (nSPS) is 23.0. The van der Waals surface area contributed by atoms with Crippen molar-refractivity contribution in [1.82, 2.24) is 10.2 Å². The summed E-state index contributed by atoms with van der Waals surface area (Å²) in [7, 11) is 0. The van der Waals surface area contributed by atoms with Crippen molar-refractivity contribution in [1.29, 1.82) is 0 Å². The second kappa shape index (κ2) is 10.2. The highest BCUT2D eigenvalue weighted by Gasteiger charge is 2.31. The molecule has 0 bridgehead atoms. The first-order chi connectivity index (χ1) is 11.0. The standard InChI is InChI=1S/C18H33N3O2.ClH/c1-13(2)17(19)18(23)20-12-16(22)21-10-6-9-15(21)11-14-7-4-3-5-8-14;/h13-15,17H,3-12,19H2,1-2H3,(H,20,23);1H/t15?,17-;/m0./s1. The van der Waals surface area contributed by atoms with Gasteiger partial charge in [-0.3, -0.25) is 9.59 Å². The molecule has 0 aromatic heterocycles. The second-order valence-corrected chi connectivity index (χ2v) is 7.61. The summed E-state index contributed by atoms with van der Waals surface area (Å²) < 4.78 is 0. The van der Waals surface area contributed by atoms with E-state index in [1.165, 1.54) is 32.1 Å². The molecule has 1 unspecified atom stereocenters. The summed E-state index contributed by atoms with van der Waals surface area (Å²) >= 11 is 0. The lowest BCUT2D eigenvalue weighted by molar-refractivity contribution is -0.134. The van der Waals surface area contributed by atoms with Gasteiger partial charge in [-0.05, 0) is 31.1 Å². The molecule has 2 fully saturated rings. The van der Waals surface area contributed by atoms with Crippen molar-refractivity contribution in [2.75, 3.05) is 13.1 Å². The van der Waals surface area contributed by atoms with Crippen molar-refractivity contribution in [3.05, 3.63) is 0 Å². The van der Waals surface area contributed by atoms with Crippen LogP contribution in [0.2, 0.25) is 0 Å². The van der Waals surface area contributed by atoms with E-state index in [1.54, 1.807) is 0 Å². The summed E-state index contributed by atoms with van der Waals surface area (Å²) in [6.45, 7) is 4.74. The first-order valence-electron chi connectivity index (χ1n) is 9.31. The highest BCUT2D eigenvalue weighted by Crippen LogP contribution is 2.31. The summed E-state index contributed by atoms with van der Waals surface area (Å²) in [5.41, 5.74) is 5.81. The van der Waals surface area contributed by atoms with Crippen molar-refractivity contribution in [3.8, 4) is 0 Å². The van der Waals surface area contributed by atoms with Crippen LogP contribution in [-0.4, -0.2) is 41.9 Å². The first kappa shape index (κ1) is 21.2. The monoisotopic (exact) mass is 359 g/mol. The Kier molecular flexibility index (Phi) is 9.06. The van der Waals surface area contributed by atoms with Crippen LogP contribution < -0.4 is 11.1 Å². The summed E-state index contributed by atoms with van der Waals surface area (Å²) in [5, 5.41) is 2.71. The minimum Gasteiger partial charge on any atom is -0.346 e. The maximum Gasteiger partial charge on any atom is 0.242 e. The molecule has 24 heavy (non-hydrogen) atoms. The molecule has 2 atom stereocenters. The van der Waals surface area contributed by atoms with Crippen LogP contribution in [0, 0.1) is 11.8 Å². The van der Waals surface area contributed by atoms with Gasteiger partial charge < -0.3 is 16.0 Å². The third kappa shape index (κ3) is 5.92. The molecule has 1 heterocycles. The maximum atomic E-state index is 12.5. The number of rotatable bonds is 6. The lowest BCUT2D eigenvalue weighted by atomic mass is 9.84. The number of halogens is 1. The molecule has 0 aromatic rings. The van der Waals surface area contributed by atoms with Gasteiger partial charge in [-0.2, -0.15) is 0 Å². The van der Waals surface area contributed by atoms with Gasteiger partial charge in [-0.15, -0.1) is 12.4 Å². The maximum absolute atomic E-state index is 12.5. The zero-order valence-electron chi connectivity index (χ0n) is 15.1. The Balaban J connectivity index is 0.00000288. The third-order valence-electron chi connectivity index (χ3n) is 5.46. The van der Waals surface area contributed by atoms with E-state index in [4.69, 9.17) is 5.73 Å². The molecule has 2 aliphatic rings. The number of hydrogen-bond donors (Lipinski definition) is 2. The molecule has 140 valence electrons. The Hall–Kier alpha value is -0.810. The smallest absolute Gasteiger partial charge is 0.242 e. The van der Waals surface area contributed by atoms with E-state index in [9.17, 15) is 9.59 Å². The van der Waals surface area contributed by atoms with Gasteiger partial charge in [-0.1, -0.05) is 46.0 Å². The van der Waals surface area contributed by atoms with Crippen LogP contribution >= 0.6 is 12.4 Å². The molecular formula is C18H34ClN3O2. The fourth-order valence-corrected chi connectivity index (χ4v) is 3.90. The highest BCUT2D eigenvalue weighted by molar-refractivity contribution is 5.87. The lowest BCUT2D eigenvalue weighted by Crippen LogP contribution is -2.48. The summed E-state index contributed by atoms with van der Waals surface area (Å²) in [6.07, 6.45) is 10.0. The van der Waals surface area contributed by atoms with Gasteiger partial charge in [0.05, 0.1) is 12.6 Å². The molecule has 0 spiro atoms. The molecule has 2 rings (SSSR count). The molecule has 3 N–H and O–H groups in total. The first-order valence-corrected chi connectivity index (χ1v) is 9.31. The number of likely N-dealkylation sites (tertiary alicyclic amines) is 1. The molecule has 1 saturated carbocycles. The summed E-state index contributed by atoms with van der Waals surface area (Å²) in [5.74, 6) is 0.686. The Bertz CT molecular complexity index is 411. The number of hydrogen-bond acceptors (Lipinski definition) is 3. The minimum atomic E-state index is -0.542. The number of carbonyl (C=O) groups is 2. The van der Waals surface area contributed by atoms with Crippen molar-refractivity contribution >= 4 is 24.2 Å². The summed E-state index contributed by atoms with van der Waals surface area (Å²) in [6, 6.07) is -0.166. The molecule has 1 aliphatic carbocycles. The molecule has 6 heteroatoms. The Morgan fingerprint density at radius 1 is 1.12 bits per heavy atom. The molecule has 1 saturated heterocycles. The molecule has 0 aromatic carbocycles.